The van der Waals surface area contributed by atoms with E-state index >= 15 is 0 Å². The first kappa shape index (κ1) is 96.0. The smallest absolute Gasteiger partial charge is 0.416 e. The summed E-state index contributed by atoms with van der Waals surface area (Å²) in [6.07, 6.45) is 12.1. The fraction of sp³-hybridized carbons (Fsp3) is 0.361. The molecule has 664 valence electrons. The Bertz CT molecular complexity index is 5940. The summed E-state index contributed by atoms with van der Waals surface area (Å²) in [4.78, 5) is 61.1. The van der Waals surface area contributed by atoms with Gasteiger partial charge >= 0.3 is 36.0 Å². The van der Waals surface area contributed by atoms with Gasteiger partial charge in [-0.2, -0.15) is 13.2 Å². The summed E-state index contributed by atoms with van der Waals surface area (Å²) in [5, 5.41) is 92.4. The zero-order valence-electron chi connectivity index (χ0n) is 68.8. The molecular formula is C83H82Br4F3N15O11S10. The van der Waals surface area contributed by atoms with Crippen LogP contribution in [0.1, 0.15) is 158 Å². The Balaban J connectivity index is 0.000000135. The fourth-order valence-electron chi connectivity index (χ4n) is 13.6. The average Bonchev–Trinajstić information content (AvgIpc) is 1.63. The van der Waals surface area contributed by atoms with Crippen molar-refractivity contribution in [3.8, 4) is 62.1 Å². The van der Waals surface area contributed by atoms with E-state index in [9.17, 15) is 42.3 Å². The topological polar surface area (TPSA) is 349 Å². The van der Waals surface area contributed by atoms with Crippen molar-refractivity contribution >= 4 is 209 Å². The molecule has 2 unspecified atom stereocenters. The van der Waals surface area contributed by atoms with Gasteiger partial charge in [-0.25, -0.2) is 0 Å². The number of thioether (sulfide) groups is 5. The minimum Gasteiger partial charge on any atom is -0.497 e. The molecule has 4 aliphatic carbocycles. The summed E-state index contributed by atoms with van der Waals surface area (Å²) in [6, 6.07) is 27.5. The van der Waals surface area contributed by atoms with Crippen LogP contribution in [0.15, 0.2) is 142 Å². The van der Waals surface area contributed by atoms with Gasteiger partial charge in [-0.05, 0) is 308 Å². The van der Waals surface area contributed by atoms with Crippen molar-refractivity contribution in [2.24, 2.45) is 0 Å². The molecule has 13 aromatic rings. The van der Waals surface area contributed by atoms with Crippen LogP contribution in [0, 0.1) is 20.8 Å². The van der Waals surface area contributed by atoms with Crippen molar-refractivity contribution < 1.29 is 67.4 Å². The van der Waals surface area contributed by atoms with E-state index in [-0.39, 0.29) is 22.7 Å². The largest absolute Gasteiger partial charge is 0.497 e. The lowest BCUT2D eigenvalue weighted by atomic mass is 9.86. The number of carbonyl (C=O) groups is 5. The van der Waals surface area contributed by atoms with E-state index < -0.39 is 52.1 Å². The first-order chi connectivity index (χ1) is 60.0. The van der Waals surface area contributed by atoms with E-state index in [0.29, 0.717) is 50.3 Å². The molecule has 26 nitrogen and oxygen atoms in total. The molecule has 10 heterocycles. The molecule has 2 saturated carbocycles. The van der Waals surface area contributed by atoms with E-state index in [0.717, 1.165) is 125 Å². The van der Waals surface area contributed by atoms with Gasteiger partial charge in [0.05, 0.1) is 29.9 Å². The first-order valence-electron chi connectivity index (χ1n) is 39.2. The Hall–Kier alpha value is -7.53. The second-order valence-corrected chi connectivity index (χ2v) is 43.9. The minimum absolute atomic E-state index is 0.0589. The second kappa shape index (κ2) is 42.1. The lowest BCUT2D eigenvalue weighted by molar-refractivity contribution is -0.138. The molecule has 43 heteroatoms. The molecular weight excluding hydrogens is 2080 g/mol. The number of aryl methyl sites for hydroxylation is 3. The Kier molecular flexibility index (Phi) is 32.1. The van der Waals surface area contributed by atoms with Crippen molar-refractivity contribution in [2.45, 2.75) is 192 Å². The molecule has 0 radical (unpaired) electrons. The number of thiophene rings is 5. The van der Waals surface area contributed by atoms with Crippen LogP contribution in [-0.4, -0.2) is 164 Å². The molecule has 17 rings (SSSR count). The lowest BCUT2D eigenvalue weighted by Crippen LogP contribution is -2.13. The summed E-state index contributed by atoms with van der Waals surface area (Å²) < 4.78 is 54.9. The molecule has 3 aromatic carbocycles. The van der Waals surface area contributed by atoms with Crippen LogP contribution < -0.4 is 4.74 Å². The maximum atomic E-state index is 12.7. The molecule has 2 fully saturated rings. The van der Waals surface area contributed by atoms with Crippen LogP contribution in [0.2, 0.25) is 0 Å². The Morgan fingerprint density at radius 1 is 0.460 bits per heavy atom. The van der Waals surface area contributed by atoms with E-state index in [2.05, 4.69) is 173 Å². The molecule has 0 spiro atoms. The normalized spacial score (nSPS) is 14.1. The number of alkyl halides is 3. The van der Waals surface area contributed by atoms with Crippen LogP contribution in [0.5, 0.6) is 5.75 Å². The van der Waals surface area contributed by atoms with Gasteiger partial charge in [0, 0.05) is 24.4 Å². The van der Waals surface area contributed by atoms with Gasteiger partial charge in [0.2, 0.25) is 18.9 Å². The summed E-state index contributed by atoms with van der Waals surface area (Å²) in [7, 11) is 1.64. The van der Waals surface area contributed by atoms with Gasteiger partial charge in [-0.1, -0.05) is 116 Å². The molecule has 4 aliphatic rings. The predicted octanol–water partition coefficient (Wildman–Crippen LogP) is 23.1. The second-order valence-electron chi connectivity index (χ2n) is 30.4. The number of nitrogens with zero attached hydrogens (tertiary/aromatic N) is 15. The monoisotopic (exact) mass is 2160 g/mol. The van der Waals surface area contributed by atoms with Crippen molar-refractivity contribution in [3.05, 3.63) is 176 Å². The highest BCUT2D eigenvalue weighted by molar-refractivity contribution is 9.11. The van der Waals surface area contributed by atoms with Crippen LogP contribution in [0.3, 0.4) is 0 Å². The van der Waals surface area contributed by atoms with Gasteiger partial charge in [0.15, 0.2) is 25.8 Å². The molecule has 0 amide bonds. The third-order valence-electron chi connectivity index (χ3n) is 20.1. The van der Waals surface area contributed by atoms with E-state index in [1.807, 2.05) is 91.2 Å². The molecule has 10 aromatic heterocycles. The molecule has 0 aliphatic heterocycles. The number of methoxy groups -OCH3 is 1. The summed E-state index contributed by atoms with van der Waals surface area (Å²) in [6.45, 7) is 16.0. The average molecular weight is 2160 g/mol. The van der Waals surface area contributed by atoms with Gasteiger partial charge in [0.25, 0.3) is 0 Å². The van der Waals surface area contributed by atoms with Gasteiger partial charge in [-0.15, -0.1) is 108 Å². The van der Waals surface area contributed by atoms with Gasteiger partial charge < -0.3 is 30.3 Å². The lowest BCUT2D eigenvalue weighted by Gasteiger charge is -2.19. The molecule has 126 heavy (non-hydrogen) atoms. The van der Waals surface area contributed by atoms with Crippen molar-refractivity contribution in [2.75, 3.05) is 24.4 Å². The standard InChI is InChI=1S/C19H20BrN3O2S2.C16H11BrF3N3O2S2.C16H14BrN3O3S2.C16H18BrN3O2S2.C16H19N3O2S2/c1-11-9-14(23-17(20)21-22-18(23)26-10-15(24)25)27-16(11)12-5-7-13(8-6-12)19(2,3)4;1-8-6-11(23-14(17)21-22-15(23)26-7-12(24)25)27-13(8)9-2-4-10(5-3-9)16(18,19)20;1-9-7-12(20-15(17)18-19-16(20)24-8-13(21)22)25-14(9)10-3-5-11(23-2)6-4-10;1-8(14(21)22)23-16-19-18-15(17)20(16)13-11-5-3-2-4-10(11)12(24-13)9-6-7-9;1-9(15(20)21)22-16-18-17-8-19(16)14-12-5-3-2-4-11(12)13(23-14)10-6-7-10/h5-9H,10H2,1-4H3,(H,24,25);2-6H,7H2,1H3,(H,24,25);3-7H,8H2,1-2H3,(H,21,22);8-9H,2-7H2,1H3,(H,21,22);8-10H,2-7H2,1H3,(H,20,21). The SMILES string of the molecule is CC(Sc1nnc(Br)n1-c1sc(C2CC2)c2c1CCCC2)C(=O)O.CC(Sc1nncn1-c1sc(C2CC2)c2c1CCCC2)C(=O)O.COc1ccc(-c2sc(-n3c(Br)nnc3SCC(=O)O)cc2C)cc1.Cc1cc(-n2c(Br)nnc2SCC(=O)O)sc1-c1ccc(C(C)(C)C)cc1.Cc1cc(-n2c(Br)nnc2SCC(=O)O)sc1-c1ccc(C(F)(F)F)cc1. The van der Waals surface area contributed by atoms with Crippen molar-refractivity contribution in [1.29, 1.82) is 0 Å². The number of hydrogen-bond donors (Lipinski definition) is 5. The van der Waals surface area contributed by atoms with Crippen molar-refractivity contribution in [3.63, 3.8) is 0 Å². The fourth-order valence-corrected chi connectivity index (χ4v) is 26.8. The Morgan fingerprint density at radius 2 is 0.802 bits per heavy atom. The van der Waals surface area contributed by atoms with Crippen molar-refractivity contribution in [1.82, 2.24) is 73.8 Å². The Morgan fingerprint density at radius 3 is 1.16 bits per heavy atom. The number of ether oxygens (including phenoxy) is 1. The number of carboxylic acids is 5. The third-order valence-corrected chi connectivity index (χ3v) is 33.7. The maximum absolute atomic E-state index is 12.7. The molecule has 0 bridgehead atoms. The number of halogens is 7. The number of carboxylic acid groups (broad SMARTS) is 5. The van der Waals surface area contributed by atoms with E-state index in [4.69, 9.17) is 25.2 Å². The van der Waals surface area contributed by atoms with Crippen LogP contribution in [-0.2, 0) is 61.2 Å². The highest BCUT2D eigenvalue weighted by atomic mass is 79.9. The summed E-state index contributed by atoms with van der Waals surface area (Å²) in [5.41, 5.74) is 12.8. The first-order valence-corrected chi connectivity index (χ1v) is 51.2. The summed E-state index contributed by atoms with van der Waals surface area (Å²) in [5.74, 6) is -2.39. The number of benzene rings is 3. The van der Waals surface area contributed by atoms with Crippen LogP contribution >= 0.6 is 179 Å². The van der Waals surface area contributed by atoms with Gasteiger partial charge in [-0.3, -0.25) is 46.8 Å². The highest BCUT2D eigenvalue weighted by Crippen LogP contribution is 2.53. The van der Waals surface area contributed by atoms with E-state index in [1.165, 1.54) is 148 Å². The van der Waals surface area contributed by atoms with Gasteiger partial charge in [0.1, 0.15) is 47.6 Å². The number of aromatic nitrogens is 15. The predicted molar refractivity (Wildman–Crippen MR) is 506 cm³/mol. The van der Waals surface area contributed by atoms with Crippen LogP contribution in [0.25, 0.3) is 56.3 Å². The number of rotatable bonds is 26. The van der Waals surface area contributed by atoms with E-state index in [1.54, 1.807) is 75.4 Å². The Labute approximate surface area is 797 Å². The minimum atomic E-state index is -4.38. The number of fused-ring (bicyclic) bond motifs is 2. The zero-order chi connectivity index (χ0) is 90.3. The summed E-state index contributed by atoms with van der Waals surface area (Å²) >= 11 is 27.8. The molecule has 2 atom stereocenters. The highest BCUT2D eigenvalue weighted by Gasteiger charge is 2.37. The third kappa shape index (κ3) is 23.4. The quantitative estimate of drug-likeness (QED) is 0.0314. The zero-order valence-corrected chi connectivity index (χ0v) is 83.3. The number of aliphatic carboxylic acids is 5. The molecule has 0 saturated heterocycles. The molecule has 5 N–H and O–H groups in total. The maximum Gasteiger partial charge on any atom is 0.416 e. The number of hydrogen-bond acceptors (Lipinski definition) is 26. The van der Waals surface area contributed by atoms with Crippen LogP contribution in [0.4, 0.5) is 13.2 Å².